The standard InChI is InChI=1S/C11H8Cl4O/c12-7-4-10(14)5-1-2-6(3-5)11(10,15)9(16)8(7)13/h1-2,5-6H,3-4H2/t5-,6+,10-,11+/m0/s1. The van der Waals surface area contributed by atoms with E-state index in [4.69, 9.17) is 46.4 Å². The van der Waals surface area contributed by atoms with E-state index in [0.29, 0.717) is 11.5 Å². The van der Waals surface area contributed by atoms with Crippen LogP contribution >= 0.6 is 46.4 Å². The number of rotatable bonds is 0. The quantitative estimate of drug-likeness (QED) is 0.491. The summed E-state index contributed by atoms with van der Waals surface area (Å²) in [7, 11) is 0. The first-order valence-electron chi connectivity index (χ1n) is 5.06. The molecule has 3 rings (SSSR count). The van der Waals surface area contributed by atoms with E-state index >= 15 is 0 Å². The summed E-state index contributed by atoms with van der Waals surface area (Å²) >= 11 is 25.0. The van der Waals surface area contributed by atoms with Gasteiger partial charge in [0.1, 0.15) is 9.91 Å². The van der Waals surface area contributed by atoms with E-state index in [1.165, 1.54) is 0 Å². The lowest BCUT2D eigenvalue weighted by Crippen LogP contribution is -2.57. The molecule has 0 unspecified atom stereocenters. The number of hydrogen-bond acceptors (Lipinski definition) is 1. The van der Waals surface area contributed by atoms with Crippen molar-refractivity contribution in [1.82, 2.24) is 0 Å². The molecule has 2 bridgehead atoms. The Kier molecular flexibility index (Phi) is 2.28. The Morgan fingerprint density at radius 1 is 1.19 bits per heavy atom. The Labute approximate surface area is 113 Å². The van der Waals surface area contributed by atoms with Crippen LogP contribution in [-0.4, -0.2) is 15.5 Å². The maximum absolute atomic E-state index is 12.2. The predicted octanol–water partition coefficient (Wildman–Crippen LogP) is 3.81. The number of halogens is 4. The van der Waals surface area contributed by atoms with Crippen LogP contribution in [0.4, 0.5) is 0 Å². The zero-order valence-electron chi connectivity index (χ0n) is 8.14. The highest BCUT2D eigenvalue weighted by Crippen LogP contribution is 2.65. The number of carbonyl (C=O) groups excluding carboxylic acids is 1. The molecule has 0 saturated heterocycles. The second kappa shape index (κ2) is 3.20. The maximum Gasteiger partial charge on any atom is 0.198 e. The second-order valence-corrected chi connectivity index (χ2v) is 6.74. The van der Waals surface area contributed by atoms with Gasteiger partial charge in [-0.2, -0.15) is 0 Å². The Morgan fingerprint density at radius 2 is 1.81 bits per heavy atom. The van der Waals surface area contributed by atoms with E-state index in [-0.39, 0.29) is 22.7 Å². The van der Waals surface area contributed by atoms with Gasteiger partial charge in [-0.15, -0.1) is 23.2 Å². The summed E-state index contributed by atoms with van der Waals surface area (Å²) in [5.41, 5.74) is 0. The fraction of sp³-hybridized carbons (Fsp3) is 0.545. The van der Waals surface area contributed by atoms with Gasteiger partial charge >= 0.3 is 0 Å². The molecule has 0 aliphatic heterocycles. The summed E-state index contributed by atoms with van der Waals surface area (Å²) in [5.74, 6) is -0.235. The molecule has 5 heteroatoms. The first kappa shape index (κ1) is 11.4. The van der Waals surface area contributed by atoms with Crippen LogP contribution in [0.1, 0.15) is 12.8 Å². The van der Waals surface area contributed by atoms with Crippen molar-refractivity contribution >= 4 is 52.2 Å². The molecule has 1 nitrogen and oxygen atoms in total. The van der Waals surface area contributed by atoms with E-state index in [1.54, 1.807) is 0 Å². The second-order valence-electron chi connectivity index (χ2n) is 4.63. The van der Waals surface area contributed by atoms with Crippen molar-refractivity contribution in [3.63, 3.8) is 0 Å². The minimum atomic E-state index is -1.11. The fourth-order valence-electron chi connectivity index (χ4n) is 3.11. The molecule has 0 amide bonds. The third-order valence-corrected chi connectivity index (χ3v) is 6.38. The van der Waals surface area contributed by atoms with Crippen LogP contribution in [-0.2, 0) is 4.79 Å². The van der Waals surface area contributed by atoms with Crippen molar-refractivity contribution < 1.29 is 4.79 Å². The van der Waals surface area contributed by atoms with Gasteiger partial charge in [0.2, 0.25) is 0 Å². The van der Waals surface area contributed by atoms with Crippen LogP contribution in [0.25, 0.3) is 0 Å². The van der Waals surface area contributed by atoms with Gasteiger partial charge in [-0.25, -0.2) is 0 Å². The molecule has 16 heavy (non-hydrogen) atoms. The minimum absolute atomic E-state index is 0.0253. The Bertz CT molecular complexity index is 455. The van der Waals surface area contributed by atoms with Gasteiger partial charge in [-0.05, 0) is 12.3 Å². The van der Waals surface area contributed by atoms with E-state index in [0.717, 1.165) is 6.42 Å². The molecule has 0 heterocycles. The van der Waals surface area contributed by atoms with Gasteiger partial charge in [0, 0.05) is 17.4 Å². The monoisotopic (exact) mass is 296 g/mol. The summed E-state index contributed by atoms with van der Waals surface area (Å²) in [6.45, 7) is 0. The lowest BCUT2D eigenvalue weighted by Gasteiger charge is -2.44. The van der Waals surface area contributed by atoms with Gasteiger partial charge < -0.3 is 0 Å². The molecule has 4 atom stereocenters. The van der Waals surface area contributed by atoms with E-state index < -0.39 is 9.75 Å². The number of fused-ring (bicyclic) bond motifs is 5. The lowest BCUT2D eigenvalue weighted by atomic mass is 9.73. The summed E-state index contributed by atoms with van der Waals surface area (Å²) in [4.78, 5) is 10.3. The van der Waals surface area contributed by atoms with E-state index in [1.807, 2.05) is 12.2 Å². The Balaban J connectivity index is 2.22. The first-order valence-corrected chi connectivity index (χ1v) is 6.57. The van der Waals surface area contributed by atoms with Gasteiger partial charge in [-0.1, -0.05) is 35.4 Å². The van der Waals surface area contributed by atoms with Crippen LogP contribution in [0.3, 0.4) is 0 Å². The third kappa shape index (κ3) is 1.04. The minimum Gasteiger partial charge on any atom is -0.291 e. The highest BCUT2D eigenvalue weighted by atomic mass is 35.5. The van der Waals surface area contributed by atoms with Gasteiger partial charge in [0.15, 0.2) is 5.78 Å². The van der Waals surface area contributed by atoms with Crippen molar-refractivity contribution in [3.8, 4) is 0 Å². The molecule has 3 aliphatic rings. The SMILES string of the molecule is O=C1C(Cl)=C(Cl)C[C@]2(Cl)[C@H]3C=C[C@H](C3)[C@@]12Cl. The highest BCUT2D eigenvalue weighted by molar-refractivity contribution is 6.57. The summed E-state index contributed by atoms with van der Waals surface area (Å²) in [5, 5.41) is 0.382. The maximum atomic E-state index is 12.2. The Hall–Kier alpha value is 0.310. The highest BCUT2D eigenvalue weighted by Gasteiger charge is 2.70. The van der Waals surface area contributed by atoms with Crippen LogP contribution < -0.4 is 0 Å². The van der Waals surface area contributed by atoms with Gasteiger partial charge in [0.25, 0.3) is 0 Å². The molecule has 0 spiro atoms. The number of Topliss-reactive ketones (excluding diaryl/α,β-unsaturated/α-hetero) is 1. The molecule has 1 fully saturated rings. The van der Waals surface area contributed by atoms with E-state index in [9.17, 15) is 4.79 Å². The zero-order valence-corrected chi connectivity index (χ0v) is 11.2. The number of alkyl halides is 2. The predicted molar refractivity (Wildman–Crippen MR) is 66.3 cm³/mol. The summed E-state index contributed by atoms with van der Waals surface area (Å²) in [6.07, 6.45) is 5.19. The molecule has 0 radical (unpaired) electrons. The Morgan fingerprint density at radius 3 is 2.50 bits per heavy atom. The van der Waals surface area contributed by atoms with Crippen molar-refractivity contribution in [2.24, 2.45) is 11.8 Å². The lowest BCUT2D eigenvalue weighted by molar-refractivity contribution is -0.119. The molecule has 0 aromatic heterocycles. The van der Waals surface area contributed by atoms with Crippen LogP contribution in [0.5, 0.6) is 0 Å². The average Bonchev–Trinajstić information content (AvgIpc) is 2.79. The molecular formula is C11H8Cl4O. The first-order chi connectivity index (χ1) is 7.41. The largest absolute Gasteiger partial charge is 0.291 e. The number of ketones is 1. The fourth-order valence-corrected chi connectivity index (χ4v) is 4.73. The van der Waals surface area contributed by atoms with Crippen molar-refractivity contribution in [1.29, 1.82) is 0 Å². The number of carbonyl (C=O) groups is 1. The molecule has 86 valence electrons. The summed E-state index contributed by atoms with van der Waals surface area (Å²) < 4.78 is 0. The zero-order chi connectivity index (χ0) is 11.7. The molecule has 3 aliphatic carbocycles. The number of allylic oxidation sites excluding steroid dienone is 4. The molecule has 1 saturated carbocycles. The normalized spacial score (nSPS) is 50.1. The van der Waals surface area contributed by atoms with Gasteiger partial charge in [0.05, 0.1) is 4.87 Å². The van der Waals surface area contributed by atoms with E-state index in [2.05, 4.69) is 0 Å². The van der Waals surface area contributed by atoms with Crippen molar-refractivity contribution in [2.75, 3.05) is 0 Å². The van der Waals surface area contributed by atoms with Crippen LogP contribution in [0, 0.1) is 11.8 Å². The van der Waals surface area contributed by atoms with Gasteiger partial charge in [-0.3, -0.25) is 4.79 Å². The third-order valence-electron chi connectivity index (χ3n) is 3.97. The molecule has 0 N–H and O–H groups in total. The molecule has 0 aromatic carbocycles. The van der Waals surface area contributed by atoms with Crippen molar-refractivity contribution in [2.45, 2.75) is 22.6 Å². The smallest absolute Gasteiger partial charge is 0.198 e. The number of hydrogen-bond donors (Lipinski definition) is 0. The summed E-state index contributed by atoms with van der Waals surface area (Å²) in [6, 6.07) is 0. The molecular weight excluding hydrogens is 290 g/mol. The van der Waals surface area contributed by atoms with Crippen LogP contribution in [0.15, 0.2) is 22.2 Å². The molecule has 0 aromatic rings. The van der Waals surface area contributed by atoms with Crippen molar-refractivity contribution in [3.05, 3.63) is 22.2 Å². The van der Waals surface area contributed by atoms with Crippen LogP contribution in [0.2, 0.25) is 0 Å². The topological polar surface area (TPSA) is 17.1 Å². The average molecular weight is 298 g/mol.